The second-order valence-corrected chi connectivity index (χ2v) is 6.41. The molecule has 1 N–H and O–H groups in total. The van der Waals surface area contributed by atoms with E-state index in [1.165, 1.54) is 0 Å². The highest BCUT2D eigenvalue weighted by Crippen LogP contribution is 2.24. The number of aryl methyl sites for hydroxylation is 1. The molecule has 0 radical (unpaired) electrons. The quantitative estimate of drug-likeness (QED) is 0.564. The van der Waals surface area contributed by atoms with E-state index in [1.807, 2.05) is 39.0 Å². The lowest BCUT2D eigenvalue weighted by molar-refractivity contribution is 0.103. The van der Waals surface area contributed by atoms with E-state index >= 15 is 0 Å². The first-order chi connectivity index (χ1) is 8.41. The van der Waals surface area contributed by atoms with Crippen LogP contribution in [0.3, 0.4) is 0 Å². The molecule has 2 nitrogen and oxygen atoms in total. The van der Waals surface area contributed by atoms with Gasteiger partial charge in [0.1, 0.15) is 0 Å². The molecule has 18 heavy (non-hydrogen) atoms. The number of ketones is 1. The van der Waals surface area contributed by atoms with Crippen LogP contribution in [0.15, 0.2) is 22.7 Å². The number of carbonyl (C=O) groups is 1. The van der Waals surface area contributed by atoms with Crippen LogP contribution in [0.25, 0.3) is 0 Å². The van der Waals surface area contributed by atoms with E-state index in [9.17, 15) is 4.79 Å². The predicted octanol–water partition coefficient (Wildman–Crippen LogP) is 4.54. The Balaban J connectivity index is 2.54. The third kappa shape index (κ3) is 2.40. The summed E-state index contributed by atoms with van der Waals surface area (Å²) >= 11 is 5.60. The number of aromatic amines is 1. The molecule has 0 aliphatic heterocycles. The fourth-order valence-corrected chi connectivity index (χ4v) is 2.82. The maximum Gasteiger partial charge on any atom is 0.210 e. The molecule has 4 heteroatoms. The Bertz CT molecular complexity index is 631. The van der Waals surface area contributed by atoms with Crippen LogP contribution in [-0.2, 0) is 0 Å². The van der Waals surface area contributed by atoms with Gasteiger partial charge in [0.25, 0.3) is 0 Å². The molecule has 1 heterocycles. The van der Waals surface area contributed by atoms with Crippen LogP contribution in [0.1, 0.15) is 32.9 Å². The summed E-state index contributed by atoms with van der Waals surface area (Å²) in [6, 6.07) is 5.75. The van der Waals surface area contributed by atoms with Gasteiger partial charge >= 0.3 is 0 Å². The first kappa shape index (κ1) is 13.8. The molecule has 0 saturated carbocycles. The summed E-state index contributed by atoms with van der Waals surface area (Å²) in [6.07, 6.45) is 0. The van der Waals surface area contributed by atoms with Crippen LogP contribution >= 0.6 is 38.5 Å². The highest BCUT2D eigenvalue weighted by atomic mass is 127. The Labute approximate surface area is 128 Å². The molecule has 0 unspecified atom stereocenters. The Morgan fingerprint density at radius 1 is 1.22 bits per heavy atom. The van der Waals surface area contributed by atoms with E-state index < -0.39 is 0 Å². The number of benzene rings is 1. The zero-order chi connectivity index (χ0) is 13.4. The monoisotopic (exact) mass is 417 g/mol. The average Bonchev–Trinajstić information content (AvgIpc) is 2.59. The molecular formula is C14H13BrINO. The summed E-state index contributed by atoms with van der Waals surface area (Å²) in [4.78, 5) is 15.7. The van der Waals surface area contributed by atoms with Gasteiger partial charge in [-0.1, -0.05) is 15.9 Å². The van der Waals surface area contributed by atoms with Crippen LogP contribution in [0.5, 0.6) is 0 Å². The van der Waals surface area contributed by atoms with Crippen LogP contribution in [0.2, 0.25) is 0 Å². The Morgan fingerprint density at radius 3 is 2.44 bits per heavy atom. The minimum atomic E-state index is 0.0504. The molecule has 2 rings (SSSR count). The zero-order valence-electron chi connectivity index (χ0n) is 10.4. The van der Waals surface area contributed by atoms with Crippen molar-refractivity contribution in [2.45, 2.75) is 20.8 Å². The topological polar surface area (TPSA) is 32.9 Å². The van der Waals surface area contributed by atoms with Crippen LogP contribution in [0.4, 0.5) is 0 Å². The summed E-state index contributed by atoms with van der Waals surface area (Å²) in [5, 5.41) is 0. The number of carbonyl (C=O) groups excluding carboxylic acids is 1. The minimum absolute atomic E-state index is 0.0504. The standard InChI is InChI=1S/C14H13BrINO/c1-7-8(2)13(17-9(7)3)14(18)11-6-10(15)4-5-12(11)16/h4-6,17H,1-3H3. The smallest absolute Gasteiger partial charge is 0.210 e. The van der Waals surface area contributed by atoms with Crippen LogP contribution in [0, 0.1) is 24.3 Å². The number of hydrogen-bond donors (Lipinski definition) is 1. The number of rotatable bonds is 2. The number of halogens is 2. The summed E-state index contributed by atoms with van der Waals surface area (Å²) in [5.41, 5.74) is 4.67. The van der Waals surface area contributed by atoms with Gasteiger partial charge < -0.3 is 4.98 Å². The maximum absolute atomic E-state index is 12.5. The van der Waals surface area contributed by atoms with Gasteiger partial charge in [0, 0.05) is 19.3 Å². The van der Waals surface area contributed by atoms with Gasteiger partial charge in [-0.2, -0.15) is 0 Å². The van der Waals surface area contributed by atoms with Gasteiger partial charge in [-0.05, 0) is 72.7 Å². The zero-order valence-corrected chi connectivity index (χ0v) is 14.1. The summed E-state index contributed by atoms with van der Waals surface area (Å²) in [7, 11) is 0. The third-order valence-electron chi connectivity index (χ3n) is 3.21. The molecular weight excluding hydrogens is 405 g/mol. The minimum Gasteiger partial charge on any atom is -0.356 e. The van der Waals surface area contributed by atoms with Crippen molar-refractivity contribution >= 4 is 44.3 Å². The first-order valence-electron chi connectivity index (χ1n) is 5.57. The van der Waals surface area contributed by atoms with Gasteiger partial charge in [0.15, 0.2) is 0 Å². The molecule has 0 aliphatic rings. The number of nitrogens with one attached hydrogen (secondary N) is 1. The van der Waals surface area contributed by atoms with Crippen molar-refractivity contribution in [3.05, 3.63) is 54.3 Å². The summed E-state index contributed by atoms with van der Waals surface area (Å²) in [6.45, 7) is 6.01. The second kappa shape index (κ2) is 5.17. The molecule has 0 aliphatic carbocycles. The Morgan fingerprint density at radius 2 is 1.89 bits per heavy atom. The van der Waals surface area contributed by atoms with E-state index in [1.54, 1.807) is 0 Å². The molecule has 1 aromatic heterocycles. The van der Waals surface area contributed by atoms with E-state index in [4.69, 9.17) is 0 Å². The lowest BCUT2D eigenvalue weighted by Gasteiger charge is -2.04. The van der Waals surface area contributed by atoms with Crippen molar-refractivity contribution < 1.29 is 4.79 Å². The molecule has 94 valence electrons. The van der Waals surface area contributed by atoms with Gasteiger partial charge in [-0.15, -0.1) is 0 Å². The molecule has 0 spiro atoms. The highest BCUT2D eigenvalue weighted by Gasteiger charge is 2.18. The fraction of sp³-hybridized carbons (Fsp3) is 0.214. The fourth-order valence-electron chi connectivity index (χ4n) is 1.88. The number of aromatic nitrogens is 1. The normalized spacial score (nSPS) is 10.7. The van der Waals surface area contributed by atoms with Crippen molar-refractivity contribution in [2.75, 3.05) is 0 Å². The van der Waals surface area contributed by atoms with E-state index in [2.05, 4.69) is 43.5 Å². The van der Waals surface area contributed by atoms with Crippen molar-refractivity contribution in [1.82, 2.24) is 4.98 Å². The first-order valence-corrected chi connectivity index (χ1v) is 7.44. The van der Waals surface area contributed by atoms with Gasteiger partial charge in [-0.25, -0.2) is 0 Å². The lowest BCUT2D eigenvalue weighted by atomic mass is 10.0. The average molecular weight is 418 g/mol. The Kier molecular flexibility index (Phi) is 3.96. The third-order valence-corrected chi connectivity index (χ3v) is 4.65. The number of H-pyrrole nitrogens is 1. The van der Waals surface area contributed by atoms with E-state index in [0.29, 0.717) is 5.69 Å². The van der Waals surface area contributed by atoms with Crippen molar-refractivity contribution in [3.8, 4) is 0 Å². The molecule has 0 atom stereocenters. The van der Waals surface area contributed by atoms with E-state index in [0.717, 1.165) is 30.4 Å². The van der Waals surface area contributed by atoms with E-state index in [-0.39, 0.29) is 5.78 Å². The molecule has 2 aromatic rings. The van der Waals surface area contributed by atoms with Gasteiger partial charge in [0.2, 0.25) is 5.78 Å². The highest BCUT2D eigenvalue weighted by molar-refractivity contribution is 14.1. The predicted molar refractivity (Wildman–Crippen MR) is 85.3 cm³/mol. The SMILES string of the molecule is Cc1[nH]c(C(=O)c2cc(Br)ccc2I)c(C)c1C. The molecule has 0 bridgehead atoms. The van der Waals surface area contributed by atoms with Gasteiger partial charge in [-0.3, -0.25) is 4.79 Å². The largest absolute Gasteiger partial charge is 0.356 e. The second-order valence-electron chi connectivity index (χ2n) is 4.33. The molecule has 0 saturated heterocycles. The molecule has 1 aromatic carbocycles. The molecule has 0 amide bonds. The van der Waals surface area contributed by atoms with Gasteiger partial charge in [0.05, 0.1) is 5.69 Å². The molecule has 0 fully saturated rings. The maximum atomic E-state index is 12.5. The van der Waals surface area contributed by atoms with Crippen LogP contribution in [-0.4, -0.2) is 10.8 Å². The van der Waals surface area contributed by atoms with Crippen LogP contribution < -0.4 is 0 Å². The summed E-state index contributed by atoms with van der Waals surface area (Å²) < 4.78 is 1.88. The van der Waals surface area contributed by atoms with Crippen molar-refractivity contribution in [3.63, 3.8) is 0 Å². The van der Waals surface area contributed by atoms with Crippen molar-refractivity contribution in [1.29, 1.82) is 0 Å². The summed E-state index contributed by atoms with van der Waals surface area (Å²) in [5.74, 6) is 0.0504. The van der Waals surface area contributed by atoms with Crippen molar-refractivity contribution in [2.24, 2.45) is 0 Å². The lowest BCUT2D eigenvalue weighted by Crippen LogP contribution is -2.06. The Hall–Kier alpha value is -0.620. The number of hydrogen-bond acceptors (Lipinski definition) is 1.